The van der Waals surface area contributed by atoms with Gasteiger partial charge in [-0.15, -0.1) is 0 Å². The Morgan fingerprint density at radius 2 is 2.29 bits per heavy atom. The molecule has 14 heavy (non-hydrogen) atoms. The van der Waals surface area contributed by atoms with Crippen LogP contribution in [0.4, 0.5) is 0 Å². The van der Waals surface area contributed by atoms with Crippen molar-refractivity contribution in [1.29, 1.82) is 0 Å². The molecule has 0 atom stereocenters. The first-order chi connectivity index (χ1) is 6.70. The smallest absolute Gasteiger partial charge is 0.232 e. The zero-order valence-corrected chi connectivity index (χ0v) is 8.58. The average Bonchev–Trinajstić information content (AvgIpc) is 2.75. The summed E-state index contributed by atoms with van der Waals surface area (Å²) in [5.41, 5.74) is 1.80. The van der Waals surface area contributed by atoms with Gasteiger partial charge in [-0.1, -0.05) is 0 Å². The molecule has 2 rings (SSSR count). The van der Waals surface area contributed by atoms with Gasteiger partial charge >= 0.3 is 0 Å². The first-order valence-corrected chi connectivity index (χ1v) is 4.74. The Morgan fingerprint density at radius 3 is 2.79 bits per heavy atom. The topological polar surface area (TPSA) is 60.7 Å². The molecule has 0 unspecified atom stereocenters. The van der Waals surface area contributed by atoms with Crippen LogP contribution in [0.15, 0.2) is 12.4 Å². The van der Waals surface area contributed by atoms with E-state index in [1.807, 2.05) is 6.92 Å². The normalized spacial score (nSPS) is 10.4. The number of carbonyl (C=O) groups is 1. The van der Waals surface area contributed by atoms with E-state index in [4.69, 9.17) is 0 Å². The number of hydrogen-bond acceptors (Lipinski definition) is 5. The fourth-order valence-corrected chi connectivity index (χ4v) is 1.67. The van der Waals surface area contributed by atoms with Crippen LogP contribution in [-0.2, 0) is 7.05 Å². The number of carbonyl (C=O) groups excluding carboxylic acids is 1. The summed E-state index contributed by atoms with van der Waals surface area (Å²) >= 11 is 1.03. The van der Waals surface area contributed by atoms with Crippen LogP contribution in [0.2, 0.25) is 0 Å². The van der Waals surface area contributed by atoms with Crippen molar-refractivity contribution in [3.8, 4) is 0 Å². The van der Waals surface area contributed by atoms with E-state index >= 15 is 0 Å². The number of aryl methyl sites for hydroxylation is 2. The van der Waals surface area contributed by atoms with Gasteiger partial charge in [-0.3, -0.25) is 9.48 Å². The molecule has 5 nitrogen and oxygen atoms in total. The molecule has 0 aliphatic heterocycles. The summed E-state index contributed by atoms with van der Waals surface area (Å²) < 4.78 is 9.24. The van der Waals surface area contributed by atoms with Gasteiger partial charge in [0.15, 0.2) is 0 Å². The van der Waals surface area contributed by atoms with E-state index in [1.165, 1.54) is 6.20 Å². The molecule has 0 fully saturated rings. The molecular formula is C8H8N4OS. The molecule has 0 amide bonds. The third-order valence-electron chi connectivity index (χ3n) is 1.93. The zero-order valence-electron chi connectivity index (χ0n) is 7.76. The third kappa shape index (κ3) is 1.33. The standard InChI is InChI=1S/C8H8N4OS/c1-5-3-9-12(2)7(5)8(13)6-4-10-14-11-6/h3-4H,1-2H3. The van der Waals surface area contributed by atoms with Crippen molar-refractivity contribution >= 4 is 17.5 Å². The maximum atomic E-state index is 11.9. The van der Waals surface area contributed by atoms with E-state index in [1.54, 1.807) is 17.9 Å². The van der Waals surface area contributed by atoms with Crippen LogP contribution in [0.5, 0.6) is 0 Å². The van der Waals surface area contributed by atoms with Gasteiger partial charge in [-0.2, -0.15) is 13.8 Å². The van der Waals surface area contributed by atoms with Gasteiger partial charge in [0.1, 0.15) is 11.4 Å². The van der Waals surface area contributed by atoms with Crippen LogP contribution >= 0.6 is 11.7 Å². The highest BCUT2D eigenvalue weighted by molar-refractivity contribution is 6.99. The number of rotatable bonds is 2. The summed E-state index contributed by atoms with van der Waals surface area (Å²) in [6.07, 6.45) is 3.13. The summed E-state index contributed by atoms with van der Waals surface area (Å²) in [5.74, 6) is -0.128. The van der Waals surface area contributed by atoms with Gasteiger partial charge in [-0.25, -0.2) is 0 Å². The lowest BCUT2D eigenvalue weighted by Crippen LogP contribution is -2.09. The maximum absolute atomic E-state index is 11.9. The predicted molar refractivity (Wildman–Crippen MR) is 51.3 cm³/mol. The summed E-state index contributed by atoms with van der Waals surface area (Å²) in [6.45, 7) is 1.85. The van der Waals surface area contributed by atoms with Crippen LogP contribution in [0.25, 0.3) is 0 Å². The number of nitrogens with zero attached hydrogens (tertiary/aromatic N) is 4. The Labute approximate surface area is 84.7 Å². The highest BCUT2D eigenvalue weighted by atomic mass is 32.1. The molecule has 0 aromatic carbocycles. The van der Waals surface area contributed by atoms with Crippen LogP contribution in [-0.4, -0.2) is 24.3 Å². The van der Waals surface area contributed by atoms with E-state index in [2.05, 4.69) is 13.8 Å². The highest BCUT2D eigenvalue weighted by Gasteiger charge is 2.18. The van der Waals surface area contributed by atoms with E-state index < -0.39 is 0 Å². The molecule has 72 valence electrons. The molecule has 6 heteroatoms. The fourth-order valence-electron chi connectivity index (χ4n) is 1.26. The van der Waals surface area contributed by atoms with Gasteiger partial charge in [0.2, 0.25) is 5.78 Å². The minimum Gasteiger partial charge on any atom is -0.285 e. The molecule has 0 saturated heterocycles. The van der Waals surface area contributed by atoms with Crippen molar-refractivity contribution in [2.45, 2.75) is 6.92 Å². The Bertz CT molecular complexity index is 440. The second kappa shape index (κ2) is 3.30. The maximum Gasteiger partial charge on any atom is 0.232 e. The Kier molecular flexibility index (Phi) is 2.12. The summed E-state index contributed by atoms with van der Waals surface area (Å²) in [5, 5.41) is 4.00. The molecule has 0 N–H and O–H groups in total. The molecule has 0 radical (unpaired) electrons. The second-order valence-corrected chi connectivity index (χ2v) is 3.48. The molecule has 0 bridgehead atoms. The minimum absolute atomic E-state index is 0.128. The number of ketones is 1. The van der Waals surface area contributed by atoms with Crippen molar-refractivity contribution in [2.75, 3.05) is 0 Å². The molecule has 0 saturated carbocycles. The van der Waals surface area contributed by atoms with Gasteiger partial charge in [0.25, 0.3) is 0 Å². The van der Waals surface area contributed by atoms with Gasteiger partial charge < -0.3 is 0 Å². The fraction of sp³-hybridized carbons (Fsp3) is 0.250. The van der Waals surface area contributed by atoms with Crippen LogP contribution < -0.4 is 0 Å². The monoisotopic (exact) mass is 208 g/mol. The second-order valence-electron chi connectivity index (χ2n) is 2.92. The van der Waals surface area contributed by atoms with E-state index in [0.29, 0.717) is 11.4 Å². The first kappa shape index (κ1) is 9.01. The lowest BCUT2D eigenvalue weighted by molar-refractivity contribution is 0.102. The van der Waals surface area contributed by atoms with Crippen molar-refractivity contribution in [1.82, 2.24) is 18.5 Å². The molecular weight excluding hydrogens is 200 g/mol. The van der Waals surface area contributed by atoms with Crippen LogP contribution in [0, 0.1) is 6.92 Å². The average molecular weight is 208 g/mol. The third-order valence-corrected chi connectivity index (χ3v) is 2.41. The molecule has 2 aromatic rings. The van der Waals surface area contributed by atoms with Crippen molar-refractivity contribution in [2.24, 2.45) is 7.05 Å². The summed E-state index contributed by atoms with van der Waals surface area (Å²) in [7, 11) is 1.74. The summed E-state index contributed by atoms with van der Waals surface area (Å²) in [4.78, 5) is 11.9. The highest BCUT2D eigenvalue weighted by Crippen LogP contribution is 2.11. The van der Waals surface area contributed by atoms with Crippen molar-refractivity contribution in [3.05, 3.63) is 29.3 Å². The van der Waals surface area contributed by atoms with E-state index in [9.17, 15) is 4.79 Å². The Morgan fingerprint density at radius 1 is 1.50 bits per heavy atom. The van der Waals surface area contributed by atoms with E-state index in [0.717, 1.165) is 17.3 Å². The molecule has 0 aliphatic rings. The number of hydrogen-bond donors (Lipinski definition) is 0. The first-order valence-electron chi connectivity index (χ1n) is 4.01. The molecule has 0 aliphatic carbocycles. The quantitative estimate of drug-likeness (QED) is 0.685. The van der Waals surface area contributed by atoms with Crippen LogP contribution in [0.3, 0.4) is 0 Å². The summed E-state index contributed by atoms with van der Waals surface area (Å²) in [6, 6.07) is 0. The van der Waals surface area contributed by atoms with Crippen LogP contribution in [0.1, 0.15) is 21.7 Å². The van der Waals surface area contributed by atoms with E-state index in [-0.39, 0.29) is 5.78 Å². The SMILES string of the molecule is Cc1cnn(C)c1C(=O)c1cnsn1. The zero-order chi connectivity index (χ0) is 10.1. The molecule has 2 aromatic heterocycles. The van der Waals surface area contributed by atoms with Crippen molar-refractivity contribution < 1.29 is 4.79 Å². The number of aromatic nitrogens is 4. The van der Waals surface area contributed by atoms with Gasteiger partial charge in [-0.05, 0) is 12.5 Å². The molecule has 0 spiro atoms. The van der Waals surface area contributed by atoms with Gasteiger partial charge in [0, 0.05) is 7.05 Å². The largest absolute Gasteiger partial charge is 0.285 e. The van der Waals surface area contributed by atoms with Crippen molar-refractivity contribution in [3.63, 3.8) is 0 Å². The predicted octanol–water partition coefficient (Wildman–Crippen LogP) is 0.811. The lowest BCUT2D eigenvalue weighted by Gasteiger charge is -1.98. The minimum atomic E-state index is -0.128. The van der Waals surface area contributed by atoms with Gasteiger partial charge in [0.05, 0.1) is 24.1 Å². The lowest BCUT2D eigenvalue weighted by atomic mass is 10.1. The molecule has 2 heterocycles. The Hall–Kier alpha value is -1.56. The Balaban J connectivity index is 2.46.